The number of hydrogen-bond donors (Lipinski definition) is 0. The van der Waals surface area contributed by atoms with Gasteiger partial charge in [0.05, 0.1) is 19.0 Å². The van der Waals surface area contributed by atoms with Gasteiger partial charge < -0.3 is 13.9 Å². The first-order valence-electron chi connectivity index (χ1n) is 10.6. The number of nitrogens with zero attached hydrogens (tertiary/aromatic N) is 3. The Labute approximate surface area is 196 Å². The van der Waals surface area contributed by atoms with Crippen LogP contribution in [0, 0.1) is 0 Å². The Bertz CT molecular complexity index is 1200. The third kappa shape index (κ3) is 5.28. The summed E-state index contributed by atoms with van der Waals surface area (Å²) in [6.07, 6.45) is 0.642. The number of benzene rings is 2. The van der Waals surface area contributed by atoms with Crippen LogP contribution in [0.5, 0.6) is 5.75 Å². The first kappa shape index (κ1) is 22.7. The molecule has 0 fully saturated rings. The number of carbonyl (C=O) groups is 1. The summed E-state index contributed by atoms with van der Waals surface area (Å²) in [6.45, 7) is 4.57. The molecule has 1 unspecified atom stereocenters. The maximum Gasteiger partial charge on any atom is 0.373 e. The molecular weight excluding hydrogens is 438 g/mol. The Morgan fingerprint density at radius 1 is 1.06 bits per heavy atom. The summed E-state index contributed by atoms with van der Waals surface area (Å²) in [7, 11) is 1.33. The van der Waals surface area contributed by atoms with Crippen LogP contribution in [0.1, 0.15) is 46.8 Å². The van der Waals surface area contributed by atoms with Crippen LogP contribution in [0.3, 0.4) is 0 Å². The molecule has 0 aliphatic rings. The third-order valence-electron chi connectivity index (χ3n) is 5.01. The quantitative estimate of drug-likeness (QED) is 0.240. The van der Waals surface area contributed by atoms with E-state index < -0.39 is 5.97 Å². The van der Waals surface area contributed by atoms with Crippen LogP contribution in [0.4, 0.5) is 0 Å². The Balaban J connectivity index is 1.65. The van der Waals surface area contributed by atoms with E-state index in [-0.39, 0.29) is 11.0 Å². The van der Waals surface area contributed by atoms with Gasteiger partial charge in [-0.25, -0.2) is 4.79 Å². The number of thioether (sulfide) groups is 1. The second-order valence-electron chi connectivity index (χ2n) is 7.28. The van der Waals surface area contributed by atoms with Crippen molar-refractivity contribution < 1.29 is 18.7 Å². The molecule has 0 aliphatic carbocycles. The van der Waals surface area contributed by atoms with Gasteiger partial charge >= 0.3 is 5.97 Å². The van der Waals surface area contributed by atoms with E-state index in [2.05, 4.69) is 22.3 Å². The van der Waals surface area contributed by atoms with Crippen molar-refractivity contribution >= 4 is 17.7 Å². The SMILES string of the molecule is CCOc1ccc(-n2c(Cc3ccccc3)nnc2SC(C)c2ccc(C(=O)OC)o2)cc1. The highest BCUT2D eigenvalue weighted by molar-refractivity contribution is 7.99. The number of rotatable bonds is 9. The summed E-state index contributed by atoms with van der Waals surface area (Å²) < 4.78 is 18.1. The largest absolute Gasteiger partial charge is 0.494 e. The molecular formula is C25H25N3O4S. The van der Waals surface area contributed by atoms with Crippen molar-refractivity contribution in [2.24, 2.45) is 0 Å². The molecule has 0 bridgehead atoms. The van der Waals surface area contributed by atoms with Gasteiger partial charge in [-0.15, -0.1) is 10.2 Å². The number of furan rings is 1. The molecule has 0 aliphatic heterocycles. The van der Waals surface area contributed by atoms with Crippen molar-refractivity contribution in [1.29, 1.82) is 0 Å². The van der Waals surface area contributed by atoms with Gasteiger partial charge in [-0.1, -0.05) is 42.1 Å². The van der Waals surface area contributed by atoms with Gasteiger partial charge in [0, 0.05) is 12.1 Å². The number of methoxy groups -OCH3 is 1. The predicted octanol–water partition coefficient (Wildman–Crippen LogP) is 5.49. The van der Waals surface area contributed by atoms with E-state index in [1.807, 2.05) is 60.9 Å². The Kier molecular flexibility index (Phi) is 7.14. The molecule has 0 amide bonds. The van der Waals surface area contributed by atoms with Crippen LogP contribution in [0.25, 0.3) is 5.69 Å². The Morgan fingerprint density at radius 3 is 2.52 bits per heavy atom. The van der Waals surface area contributed by atoms with Crippen LogP contribution >= 0.6 is 11.8 Å². The normalized spacial score (nSPS) is 11.8. The number of ether oxygens (including phenoxy) is 2. The Hall–Kier alpha value is -3.52. The lowest BCUT2D eigenvalue weighted by molar-refractivity contribution is 0.0563. The Morgan fingerprint density at radius 2 is 1.82 bits per heavy atom. The summed E-state index contributed by atoms with van der Waals surface area (Å²) >= 11 is 1.51. The van der Waals surface area contributed by atoms with Gasteiger partial charge in [-0.3, -0.25) is 4.57 Å². The van der Waals surface area contributed by atoms with E-state index in [9.17, 15) is 4.79 Å². The highest BCUT2D eigenvalue weighted by Gasteiger charge is 2.21. The second kappa shape index (κ2) is 10.4. The molecule has 2 aromatic heterocycles. The van der Waals surface area contributed by atoms with Gasteiger partial charge in [-0.05, 0) is 55.8 Å². The second-order valence-corrected chi connectivity index (χ2v) is 8.59. The van der Waals surface area contributed by atoms with Crippen LogP contribution < -0.4 is 4.74 Å². The van der Waals surface area contributed by atoms with Crippen molar-refractivity contribution in [2.75, 3.05) is 13.7 Å². The molecule has 4 aromatic rings. The summed E-state index contributed by atoms with van der Waals surface area (Å²) in [5.74, 6) is 1.98. The lowest BCUT2D eigenvalue weighted by Crippen LogP contribution is -2.04. The molecule has 0 saturated heterocycles. The lowest BCUT2D eigenvalue weighted by atomic mass is 10.1. The van der Waals surface area contributed by atoms with Gasteiger partial charge in [0.25, 0.3) is 0 Å². The average molecular weight is 464 g/mol. The molecule has 0 spiro atoms. The predicted molar refractivity (Wildman–Crippen MR) is 126 cm³/mol. The minimum atomic E-state index is -0.499. The molecule has 2 heterocycles. The molecule has 8 heteroatoms. The molecule has 1 atom stereocenters. The van der Waals surface area contributed by atoms with Gasteiger partial charge in [0.1, 0.15) is 17.3 Å². The summed E-state index contributed by atoms with van der Waals surface area (Å²) in [6, 6.07) is 21.5. The fourth-order valence-electron chi connectivity index (χ4n) is 3.38. The number of hydrogen-bond acceptors (Lipinski definition) is 7. The topological polar surface area (TPSA) is 79.4 Å². The maximum atomic E-state index is 11.7. The molecule has 7 nitrogen and oxygen atoms in total. The monoisotopic (exact) mass is 463 g/mol. The number of aromatic nitrogens is 3. The van der Waals surface area contributed by atoms with Crippen molar-refractivity contribution in [3.63, 3.8) is 0 Å². The highest BCUT2D eigenvalue weighted by atomic mass is 32.2. The summed E-state index contributed by atoms with van der Waals surface area (Å²) in [4.78, 5) is 11.7. The van der Waals surface area contributed by atoms with Gasteiger partial charge in [-0.2, -0.15) is 0 Å². The fraction of sp³-hybridized carbons (Fsp3) is 0.240. The molecule has 33 heavy (non-hydrogen) atoms. The van der Waals surface area contributed by atoms with E-state index in [0.29, 0.717) is 18.8 Å². The smallest absolute Gasteiger partial charge is 0.373 e. The molecule has 2 aromatic carbocycles. The summed E-state index contributed by atoms with van der Waals surface area (Å²) in [5, 5.41) is 9.61. The fourth-order valence-corrected chi connectivity index (χ4v) is 4.35. The van der Waals surface area contributed by atoms with Crippen molar-refractivity contribution in [3.8, 4) is 11.4 Å². The first-order valence-corrected chi connectivity index (χ1v) is 11.5. The van der Waals surface area contributed by atoms with E-state index >= 15 is 0 Å². The van der Waals surface area contributed by atoms with Crippen molar-refractivity contribution in [2.45, 2.75) is 30.7 Å². The first-order chi connectivity index (χ1) is 16.1. The lowest BCUT2D eigenvalue weighted by Gasteiger charge is -2.13. The molecule has 0 saturated carbocycles. The van der Waals surface area contributed by atoms with Gasteiger partial charge in [0.2, 0.25) is 5.76 Å². The molecule has 0 radical (unpaired) electrons. The molecule has 0 N–H and O–H groups in total. The number of carbonyl (C=O) groups excluding carboxylic acids is 1. The highest BCUT2D eigenvalue weighted by Crippen LogP contribution is 2.36. The van der Waals surface area contributed by atoms with Crippen LogP contribution in [0.15, 0.2) is 76.3 Å². The van der Waals surface area contributed by atoms with Gasteiger partial charge in [0.15, 0.2) is 5.16 Å². The van der Waals surface area contributed by atoms with Crippen LogP contribution in [-0.4, -0.2) is 34.5 Å². The minimum Gasteiger partial charge on any atom is -0.494 e. The number of esters is 1. The maximum absolute atomic E-state index is 11.7. The minimum absolute atomic E-state index is 0.0985. The van der Waals surface area contributed by atoms with Crippen molar-refractivity contribution in [1.82, 2.24) is 14.8 Å². The standard InChI is InChI=1S/C25H25N3O4S/c1-4-31-20-12-10-19(11-13-20)28-23(16-18-8-6-5-7-9-18)26-27-25(28)33-17(2)21-14-15-22(32-21)24(29)30-3/h5-15,17H,4,16H2,1-3H3. The van der Waals surface area contributed by atoms with Crippen molar-refractivity contribution in [3.05, 3.63) is 89.6 Å². The zero-order valence-electron chi connectivity index (χ0n) is 18.7. The average Bonchev–Trinajstić information content (AvgIpc) is 3.48. The van der Waals surface area contributed by atoms with E-state index in [1.165, 1.54) is 18.9 Å². The summed E-state index contributed by atoms with van der Waals surface area (Å²) in [5.41, 5.74) is 2.09. The zero-order chi connectivity index (χ0) is 23.2. The van der Waals surface area contributed by atoms with Crippen LogP contribution in [-0.2, 0) is 11.2 Å². The van der Waals surface area contributed by atoms with Crippen LogP contribution in [0.2, 0.25) is 0 Å². The van der Waals surface area contributed by atoms with E-state index in [4.69, 9.17) is 13.9 Å². The zero-order valence-corrected chi connectivity index (χ0v) is 19.5. The molecule has 170 valence electrons. The molecule has 4 rings (SSSR count). The van der Waals surface area contributed by atoms with E-state index in [0.717, 1.165) is 28.0 Å². The third-order valence-corrected chi connectivity index (χ3v) is 6.07. The van der Waals surface area contributed by atoms with E-state index in [1.54, 1.807) is 12.1 Å².